The van der Waals surface area contributed by atoms with Crippen LogP contribution in [0.1, 0.15) is 32.4 Å². The maximum absolute atomic E-state index is 13.4. The van der Waals surface area contributed by atoms with E-state index in [0.29, 0.717) is 5.56 Å². The summed E-state index contributed by atoms with van der Waals surface area (Å²) in [4.78, 5) is 11.4. The molecule has 0 aliphatic heterocycles. The molecule has 1 rings (SSSR count). The number of ether oxygens (including phenoxy) is 1. The van der Waals surface area contributed by atoms with Crippen molar-refractivity contribution < 1.29 is 13.9 Å². The standard InChI is InChI=1S/C13H19FN2O2/c1-13(2,3)18-12(17)16-8-11(15)9-6-4-5-7-10(9)14/h4-7,11H,8,15H2,1-3H3,(H,16,17)/t11-/m1/s1. The SMILES string of the molecule is CC(C)(C)OC(=O)NC[C@@H](N)c1ccccc1F. The van der Waals surface area contributed by atoms with Gasteiger partial charge in [0.15, 0.2) is 0 Å². The van der Waals surface area contributed by atoms with Crippen molar-refractivity contribution in [3.63, 3.8) is 0 Å². The van der Waals surface area contributed by atoms with Crippen LogP contribution < -0.4 is 11.1 Å². The molecule has 1 amide bonds. The van der Waals surface area contributed by atoms with E-state index in [0.717, 1.165) is 0 Å². The zero-order valence-corrected chi connectivity index (χ0v) is 10.9. The van der Waals surface area contributed by atoms with Crippen LogP contribution in [0.4, 0.5) is 9.18 Å². The number of carbonyl (C=O) groups excluding carboxylic acids is 1. The second kappa shape index (κ2) is 5.82. The van der Waals surface area contributed by atoms with Crippen molar-refractivity contribution in [3.8, 4) is 0 Å². The van der Waals surface area contributed by atoms with Crippen molar-refractivity contribution in [3.05, 3.63) is 35.6 Å². The summed E-state index contributed by atoms with van der Waals surface area (Å²) in [5.41, 5.74) is 5.60. The van der Waals surface area contributed by atoms with E-state index in [9.17, 15) is 9.18 Å². The van der Waals surface area contributed by atoms with E-state index in [4.69, 9.17) is 10.5 Å². The molecule has 0 heterocycles. The maximum Gasteiger partial charge on any atom is 0.407 e. The van der Waals surface area contributed by atoms with Crippen LogP contribution in [0.15, 0.2) is 24.3 Å². The minimum atomic E-state index is -0.598. The number of nitrogens with one attached hydrogen (secondary N) is 1. The zero-order chi connectivity index (χ0) is 13.8. The second-order valence-corrected chi connectivity index (χ2v) is 5.01. The molecule has 0 aliphatic carbocycles. The Bertz CT molecular complexity index is 416. The van der Waals surface area contributed by atoms with E-state index in [-0.39, 0.29) is 12.4 Å². The van der Waals surface area contributed by atoms with Gasteiger partial charge in [0.05, 0.1) is 6.04 Å². The van der Waals surface area contributed by atoms with Gasteiger partial charge in [-0.3, -0.25) is 0 Å². The van der Waals surface area contributed by atoms with Gasteiger partial charge in [-0.25, -0.2) is 9.18 Å². The molecule has 18 heavy (non-hydrogen) atoms. The Hall–Kier alpha value is -1.62. The van der Waals surface area contributed by atoms with Gasteiger partial charge in [0.25, 0.3) is 0 Å². The van der Waals surface area contributed by atoms with Gasteiger partial charge in [0.2, 0.25) is 0 Å². The summed E-state index contributed by atoms with van der Waals surface area (Å²) in [7, 11) is 0. The molecule has 0 aliphatic rings. The van der Waals surface area contributed by atoms with Gasteiger partial charge in [-0.05, 0) is 26.8 Å². The first-order valence-electron chi connectivity index (χ1n) is 5.76. The topological polar surface area (TPSA) is 64.3 Å². The Morgan fingerprint density at radius 1 is 1.44 bits per heavy atom. The fourth-order valence-electron chi connectivity index (χ4n) is 1.39. The number of hydrogen-bond donors (Lipinski definition) is 2. The summed E-state index contributed by atoms with van der Waals surface area (Å²) in [5.74, 6) is -0.379. The molecule has 5 heteroatoms. The molecule has 0 bridgehead atoms. The molecule has 100 valence electrons. The van der Waals surface area contributed by atoms with Gasteiger partial charge < -0.3 is 15.8 Å². The van der Waals surface area contributed by atoms with E-state index in [1.807, 2.05) is 0 Å². The highest BCUT2D eigenvalue weighted by atomic mass is 19.1. The van der Waals surface area contributed by atoms with Gasteiger partial charge in [0, 0.05) is 12.1 Å². The molecule has 0 unspecified atom stereocenters. The lowest BCUT2D eigenvalue weighted by Gasteiger charge is -2.21. The van der Waals surface area contributed by atoms with Crippen molar-refractivity contribution in [2.24, 2.45) is 5.73 Å². The lowest BCUT2D eigenvalue weighted by atomic mass is 10.1. The second-order valence-electron chi connectivity index (χ2n) is 5.01. The van der Waals surface area contributed by atoms with Gasteiger partial charge >= 0.3 is 6.09 Å². The Balaban J connectivity index is 2.49. The fourth-order valence-corrected chi connectivity index (χ4v) is 1.39. The molecule has 0 spiro atoms. The highest BCUT2D eigenvalue weighted by molar-refractivity contribution is 5.67. The van der Waals surface area contributed by atoms with Crippen molar-refractivity contribution in [2.45, 2.75) is 32.4 Å². The number of nitrogens with two attached hydrogens (primary N) is 1. The lowest BCUT2D eigenvalue weighted by molar-refractivity contribution is 0.0524. The van der Waals surface area contributed by atoms with Crippen molar-refractivity contribution in [1.29, 1.82) is 0 Å². The highest BCUT2D eigenvalue weighted by Crippen LogP contribution is 2.14. The summed E-state index contributed by atoms with van der Waals surface area (Å²) in [6.45, 7) is 5.42. The normalized spacial score (nSPS) is 12.9. The molecular weight excluding hydrogens is 235 g/mol. The first kappa shape index (κ1) is 14.4. The Morgan fingerprint density at radius 2 is 2.06 bits per heavy atom. The number of carbonyl (C=O) groups is 1. The smallest absolute Gasteiger partial charge is 0.407 e. The van der Waals surface area contributed by atoms with Gasteiger partial charge in [0.1, 0.15) is 11.4 Å². The average molecular weight is 254 g/mol. The van der Waals surface area contributed by atoms with Crippen LogP contribution in [0.3, 0.4) is 0 Å². The summed E-state index contributed by atoms with van der Waals surface area (Å²) in [5, 5.41) is 2.51. The van der Waals surface area contributed by atoms with E-state index in [1.165, 1.54) is 6.07 Å². The Labute approximate surface area is 106 Å². The first-order valence-corrected chi connectivity index (χ1v) is 5.76. The molecule has 1 atom stereocenters. The number of hydrogen-bond acceptors (Lipinski definition) is 3. The maximum atomic E-state index is 13.4. The number of rotatable bonds is 3. The predicted octanol–water partition coefficient (Wildman–Crippen LogP) is 2.35. The Morgan fingerprint density at radius 3 is 2.61 bits per heavy atom. The van der Waals surface area contributed by atoms with Crippen LogP contribution in [0.25, 0.3) is 0 Å². The van der Waals surface area contributed by atoms with Crippen LogP contribution >= 0.6 is 0 Å². The molecule has 0 fully saturated rings. The molecule has 0 radical (unpaired) electrons. The van der Waals surface area contributed by atoms with Gasteiger partial charge in [-0.15, -0.1) is 0 Å². The average Bonchev–Trinajstić information content (AvgIpc) is 2.24. The van der Waals surface area contributed by atoms with Crippen LogP contribution in [-0.2, 0) is 4.74 Å². The summed E-state index contributed by atoms with van der Waals surface area (Å²) in [6.07, 6.45) is -0.561. The number of alkyl carbamates (subject to hydrolysis) is 1. The quantitative estimate of drug-likeness (QED) is 0.870. The van der Waals surface area contributed by atoms with Crippen molar-refractivity contribution in [2.75, 3.05) is 6.54 Å². The predicted molar refractivity (Wildman–Crippen MR) is 67.6 cm³/mol. The first-order chi connectivity index (χ1) is 8.29. The van der Waals surface area contributed by atoms with E-state index in [1.54, 1.807) is 39.0 Å². The minimum Gasteiger partial charge on any atom is -0.444 e. The Kier molecular flexibility index (Phi) is 4.67. The third-order valence-corrected chi connectivity index (χ3v) is 2.17. The summed E-state index contributed by atoms with van der Waals surface area (Å²) < 4.78 is 18.5. The summed E-state index contributed by atoms with van der Waals surface area (Å²) in [6, 6.07) is 5.62. The van der Waals surface area contributed by atoms with E-state index >= 15 is 0 Å². The third kappa shape index (κ3) is 4.71. The van der Waals surface area contributed by atoms with Gasteiger partial charge in [-0.1, -0.05) is 18.2 Å². The van der Waals surface area contributed by atoms with Crippen molar-refractivity contribution in [1.82, 2.24) is 5.32 Å². The van der Waals surface area contributed by atoms with E-state index in [2.05, 4.69) is 5.32 Å². The molecule has 0 saturated carbocycles. The monoisotopic (exact) mass is 254 g/mol. The summed E-state index contributed by atoms with van der Waals surface area (Å²) >= 11 is 0. The van der Waals surface area contributed by atoms with Crippen LogP contribution in [0.2, 0.25) is 0 Å². The van der Waals surface area contributed by atoms with Crippen LogP contribution in [0, 0.1) is 5.82 Å². The van der Waals surface area contributed by atoms with Crippen LogP contribution in [-0.4, -0.2) is 18.2 Å². The number of halogens is 1. The molecular formula is C13H19FN2O2. The third-order valence-electron chi connectivity index (χ3n) is 2.17. The number of amides is 1. The van der Waals surface area contributed by atoms with Crippen molar-refractivity contribution >= 4 is 6.09 Å². The molecule has 0 aromatic heterocycles. The molecule has 3 N–H and O–H groups in total. The number of benzene rings is 1. The highest BCUT2D eigenvalue weighted by Gasteiger charge is 2.17. The zero-order valence-electron chi connectivity index (χ0n) is 10.9. The fraction of sp³-hybridized carbons (Fsp3) is 0.462. The largest absolute Gasteiger partial charge is 0.444 e. The molecule has 1 aromatic carbocycles. The lowest BCUT2D eigenvalue weighted by Crippen LogP contribution is -2.36. The van der Waals surface area contributed by atoms with Crippen LogP contribution in [0.5, 0.6) is 0 Å². The van der Waals surface area contributed by atoms with E-state index < -0.39 is 17.7 Å². The minimum absolute atomic E-state index is 0.121. The molecule has 0 saturated heterocycles. The molecule has 1 aromatic rings. The van der Waals surface area contributed by atoms with Gasteiger partial charge in [-0.2, -0.15) is 0 Å². The molecule has 4 nitrogen and oxygen atoms in total.